The van der Waals surface area contributed by atoms with Gasteiger partial charge in [0.05, 0.1) is 26.9 Å². The number of nitrogens with one attached hydrogen (secondary N) is 2. The number of rotatable bonds is 7. The first-order valence-electron chi connectivity index (χ1n) is 7.99. The van der Waals surface area contributed by atoms with Crippen LogP contribution >= 0.6 is 0 Å². The van der Waals surface area contributed by atoms with Crippen molar-refractivity contribution >= 4 is 5.91 Å². The van der Waals surface area contributed by atoms with Gasteiger partial charge in [0.1, 0.15) is 0 Å². The van der Waals surface area contributed by atoms with E-state index in [2.05, 4.69) is 10.6 Å². The molecule has 2 rings (SSSR count). The highest BCUT2D eigenvalue weighted by Crippen LogP contribution is 2.39. The van der Waals surface area contributed by atoms with Crippen LogP contribution in [0.15, 0.2) is 12.1 Å². The number of hydrogen-bond donors (Lipinski definition) is 2. The fraction of sp³-hybridized carbons (Fsp3) is 0.588. The van der Waals surface area contributed by atoms with Crippen molar-refractivity contribution in [3.05, 3.63) is 17.7 Å². The summed E-state index contributed by atoms with van der Waals surface area (Å²) in [6, 6.07) is 3.40. The summed E-state index contributed by atoms with van der Waals surface area (Å²) in [7, 11) is 4.59. The van der Waals surface area contributed by atoms with Crippen molar-refractivity contribution in [2.24, 2.45) is 5.92 Å². The second-order valence-corrected chi connectivity index (χ2v) is 5.64. The Balaban J connectivity index is 2.00. The normalized spacial score (nSPS) is 17.4. The van der Waals surface area contributed by atoms with Crippen molar-refractivity contribution in [1.29, 1.82) is 0 Å². The topological polar surface area (TPSA) is 68.8 Å². The maximum Gasteiger partial charge on any atom is 0.255 e. The number of piperidine rings is 1. The predicted molar refractivity (Wildman–Crippen MR) is 88.6 cm³/mol. The average Bonchev–Trinajstić information content (AvgIpc) is 2.60. The zero-order valence-electron chi connectivity index (χ0n) is 14.1. The van der Waals surface area contributed by atoms with Gasteiger partial charge in [-0.05, 0) is 50.4 Å². The Kier molecular flexibility index (Phi) is 6.52. The van der Waals surface area contributed by atoms with Gasteiger partial charge < -0.3 is 24.8 Å². The molecular weight excluding hydrogens is 296 g/mol. The minimum Gasteiger partial charge on any atom is -0.493 e. The van der Waals surface area contributed by atoms with E-state index in [-0.39, 0.29) is 5.91 Å². The molecule has 1 heterocycles. The van der Waals surface area contributed by atoms with Gasteiger partial charge in [-0.1, -0.05) is 0 Å². The van der Waals surface area contributed by atoms with Crippen LogP contribution < -0.4 is 24.8 Å². The molecule has 1 aliphatic heterocycles. The molecule has 1 atom stereocenters. The minimum absolute atomic E-state index is 0.161. The van der Waals surface area contributed by atoms with Gasteiger partial charge in [0.25, 0.3) is 5.91 Å². The highest BCUT2D eigenvalue weighted by molar-refractivity contribution is 5.98. The number of benzene rings is 1. The molecule has 6 heteroatoms. The number of methoxy groups -OCH3 is 3. The molecule has 1 aromatic carbocycles. The third-order valence-corrected chi connectivity index (χ3v) is 4.19. The molecule has 0 radical (unpaired) electrons. The number of carbonyl (C=O) groups is 1. The van der Waals surface area contributed by atoms with Crippen LogP contribution in [0.2, 0.25) is 0 Å². The van der Waals surface area contributed by atoms with Gasteiger partial charge in [0.2, 0.25) is 5.75 Å². The fourth-order valence-corrected chi connectivity index (χ4v) is 2.94. The van der Waals surface area contributed by atoms with E-state index in [4.69, 9.17) is 14.2 Å². The summed E-state index contributed by atoms with van der Waals surface area (Å²) in [5.41, 5.74) is 0.451. The molecule has 2 N–H and O–H groups in total. The monoisotopic (exact) mass is 322 g/mol. The number of hydrogen-bond acceptors (Lipinski definition) is 5. The van der Waals surface area contributed by atoms with Crippen LogP contribution in [0.25, 0.3) is 0 Å². The Hall–Kier alpha value is -1.95. The number of amides is 1. The maximum atomic E-state index is 12.4. The van der Waals surface area contributed by atoms with E-state index in [1.54, 1.807) is 19.2 Å². The molecular formula is C17H26N2O4. The third-order valence-electron chi connectivity index (χ3n) is 4.19. The molecule has 1 fully saturated rings. The average molecular weight is 322 g/mol. The molecule has 0 aliphatic carbocycles. The van der Waals surface area contributed by atoms with Crippen LogP contribution in [-0.4, -0.2) is 46.9 Å². The Morgan fingerprint density at radius 1 is 1.22 bits per heavy atom. The van der Waals surface area contributed by atoms with Gasteiger partial charge in [0.15, 0.2) is 11.5 Å². The summed E-state index contributed by atoms with van der Waals surface area (Å²) in [4.78, 5) is 12.4. The van der Waals surface area contributed by atoms with E-state index in [1.807, 2.05) is 0 Å². The molecule has 1 aromatic rings. The molecule has 0 aromatic heterocycles. The molecule has 128 valence electrons. The molecule has 1 aliphatic rings. The lowest BCUT2D eigenvalue weighted by Crippen LogP contribution is -2.33. The molecule has 0 saturated carbocycles. The fourth-order valence-electron chi connectivity index (χ4n) is 2.94. The van der Waals surface area contributed by atoms with Crippen molar-refractivity contribution < 1.29 is 19.0 Å². The molecule has 0 bridgehead atoms. The Labute approximate surface area is 137 Å². The van der Waals surface area contributed by atoms with E-state index in [0.29, 0.717) is 35.3 Å². The predicted octanol–water partition coefficient (Wildman–Crippen LogP) is 1.83. The summed E-state index contributed by atoms with van der Waals surface area (Å²) in [5, 5.41) is 6.35. The highest BCUT2D eigenvalue weighted by atomic mass is 16.5. The van der Waals surface area contributed by atoms with Crippen LogP contribution in [0.3, 0.4) is 0 Å². The number of carbonyl (C=O) groups excluding carboxylic acids is 1. The molecule has 1 amide bonds. The summed E-state index contributed by atoms with van der Waals surface area (Å²) >= 11 is 0. The Morgan fingerprint density at radius 3 is 2.61 bits per heavy atom. The second kappa shape index (κ2) is 8.62. The Bertz CT molecular complexity index is 528. The van der Waals surface area contributed by atoms with Gasteiger partial charge in [-0.15, -0.1) is 0 Å². The first kappa shape index (κ1) is 17.4. The largest absolute Gasteiger partial charge is 0.493 e. The molecule has 1 saturated heterocycles. The van der Waals surface area contributed by atoms with E-state index in [1.165, 1.54) is 27.1 Å². The lowest BCUT2D eigenvalue weighted by Gasteiger charge is -2.22. The summed E-state index contributed by atoms with van der Waals surface area (Å²) < 4.78 is 15.9. The van der Waals surface area contributed by atoms with Crippen LogP contribution in [0, 0.1) is 5.92 Å². The highest BCUT2D eigenvalue weighted by Gasteiger charge is 2.21. The van der Waals surface area contributed by atoms with E-state index >= 15 is 0 Å². The van der Waals surface area contributed by atoms with Gasteiger partial charge >= 0.3 is 0 Å². The second-order valence-electron chi connectivity index (χ2n) is 5.64. The van der Waals surface area contributed by atoms with E-state index in [9.17, 15) is 4.79 Å². The third kappa shape index (κ3) is 4.28. The van der Waals surface area contributed by atoms with E-state index < -0.39 is 0 Å². The zero-order valence-corrected chi connectivity index (χ0v) is 14.1. The first-order chi connectivity index (χ1) is 11.2. The summed E-state index contributed by atoms with van der Waals surface area (Å²) in [6.07, 6.45) is 3.42. The Morgan fingerprint density at radius 2 is 2.00 bits per heavy atom. The minimum atomic E-state index is -0.161. The van der Waals surface area contributed by atoms with Crippen molar-refractivity contribution in [1.82, 2.24) is 10.6 Å². The summed E-state index contributed by atoms with van der Waals surface area (Å²) in [6.45, 7) is 2.80. The van der Waals surface area contributed by atoms with Crippen molar-refractivity contribution in [2.45, 2.75) is 19.3 Å². The standard InChI is InChI=1S/C17H26N2O4/c1-21-14-7-6-13(15(22-2)16(14)23-3)17(20)19-10-8-12-5-4-9-18-11-12/h6-7,12,18H,4-5,8-11H2,1-3H3,(H,19,20). The number of ether oxygens (including phenoxy) is 3. The van der Waals surface area contributed by atoms with Gasteiger partial charge in [-0.25, -0.2) is 0 Å². The molecule has 0 spiro atoms. The van der Waals surface area contributed by atoms with Crippen molar-refractivity contribution in [3.8, 4) is 17.2 Å². The van der Waals surface area contributed by atoms with Crippen LogP contribution in [-0.2, 0) is 0 Å². The van der Waals surface area contributed by atoms with Crippen molar-refractivity contribution in [2.75, 3.05) is 41.0 Å². The molecule has 1 unspecified atom stereocenters. The molecule has 23 heavy (non-hydrogen) atoms. The lowest BCUT2D eigenvalue weighted by atomic mass is 9.96. The first-order valence-corrected chi connectivity index (χ1v) is 7.99. The maximum absolute atomic E-state index is 12.4. The van der Waals surface area contributed by atoms with Crippen LogP contribution in [0.4, 0.5) is 0 Å². The van der Waals surface area contributed by atoms with Gasteiger partial charge in [-0.3, -0.25) is 4.79 Å². The SMILES string of the molecule is COc1ccc(C(=O)NCCC2CCCNC2)c(OC)c1OC. The van der Waals surface area contributed by atoms with Crippen LogP contribution in [0.1, 0.15) is 29.6 Å². The van der Waals surface area contributed by atoms with Crippen LogP contribution in [0.5, 0.6) is 17.2 Å². The van der Waals surface area contributed by atoms with Crippen molar-refractivity contribution in [3.63, 3.8) is 0 Å². The smallest absolute Gasteiger partial charge is 0.255 e. The lowest BCUT2D eigenvalue weighted by molar-refractivity contribution is 0.0947. The van der Waals surface area contributed by atoms with E-state index in [0.717, 1.165) is 19.5 Å². The van der Waals surface area contributed by atoms with Gasteiger partial charge in [-0.2, -0.15) is 0 Å². The quantitative estimate of drug-likeness (QED) is 0.801. The summed E-state index contributed by atoms with van der Waals surface area (Å²) in [5.74, 6) is 1.83. The zero-order chi connectivity index (χ0) is 16.7. The van der Waals surface area contributed by atoms with Gasteiger partial charge in [0, 0.05) is 6.54 Å². The molecule has 6 nitrogen and oxygen atoms in total.